The molecule has 0 saturated carbocycles. The maximum atomic E-state index is 13.0. The highest BCUT2D eigenvalue weighted by molar-refractivity contribution is 5.95. The molecule has 7 heteroatoms. The van der Waals surface area contributed by atoms with E-state index in [2.05, 4.69) is 9.55 Å². The molecular weight excluding hydrogens is 380 g/mol. The minimum Gasteiger partial charge on any atom is -0.497 e. The van der Waals surface area contributed by atoms with Crippen LogP contribution in [-0.2, 0) is 11.3 Å². The lowest BCUT2D eigenvalue weighted by Crippen LogP contribution is -2.43. The minimum atomic E-state index is -0.0907. The average Bonchev–Trinajstić information content (AvgIpc) is 3.43. The number of nitrogens with zero attached hydrogens (tertiary/aromatic N) is 4. The van der Waals surface area contributed by atoms with Crippen LogP contribution in [0.3, 0.4) is 0 Å². The quantitative estimate of drug-likeness (QED) is 0.760. The van der Waals surface area contributed by atoms with Gasteiger partial charge in [0.1, 0.15) is 11.6 Å². The molecule has 0 unspecified atom stereocenters. The van der Waals surface area contributed by atoms with Crippen LogP contribution in [0.15, 0.2) is 36.7 Å². The van der Waals surface area contributed by atoms with Crippen molar-refractivity contribution >= 4 is 11.8 Å². The van der Waals surface area contributed by atoms with Gasteiger partial charge in [-0.1, -0.05) is 6.07 Å². The number of aryl methyl sites for hydroxylation is 1. The SMILES string of the molecule is COc1cccc(C(=O)N2CC[C@@H](C(=O)N3CCC(Cn4ccnc4C)CC3)C2)c1. The number of amides is 2. The molecule has 1 aromatic heterocycles. The molecule has 30 heavy (non-hydrogen) atoms. The highest BCUT2D eigenvalue weighted by Crippen LogP contribution is 2.26. The van der Waals surface area contributed by atoms with Crippen molar-refractivity contribution in [3.63, 3.8) is 0 Å². The van der Waals surface area contributed by atoms with Crippen LogP contribution in [0.2, 0.25) is 0 Å². The number of hydrogen-bond donors (Lipinski definition) is 0. The number of methoxy groups -OCH3 is 1. The Kier molecular flexibility index (Phi) is 6.06. The van der Waals surface area contributed by atoms with Crippen molar-refractivity contribution in [1.29, 1.82) is 0 Å². The highest BCUT2D eigenvalue weighted by Gasteiger charge is 2.35. The third-order valence-corrected chi connectivity index (χ3v) is 6.45. The maximum absolute atomic E-state index is 13.0. The first-order valence-electron chi connectivity index (χ1n) is 10.7. The zero-order chi connectivity index (χ0) is 21.1. The summed E-state index contributed by atoms with van der Waals surface area (Å²) < 4.78 is 7.41. The zero-order valence-electron chi connectivity index (χ0n) is 17.8. The van der Waals surface area contributed by atoms with Crippen LogP contribution in [-0.4, -0.2) is 64.5 Å². The fourth-order valence-corrected chi connectivity index (χ4v) is 4.55. The predicted octanol–water partition coefficient (Wildman–Crippen LogP) is 2.60. The summed E-state index contributed by atoms with van der Waals surface area (Å²) in [5.41, 5.74) is 0.609. The Morgan fingerprint density at radius 1 is 1.13 bits per heavy atom. The molecule has 0 aliphatic carbocycles. The Bertz CT molecular complexity index is 901. The first-order chi connectivity index (χ1) is 14.5. The van der Waals surface area contributed by atoms with E-state index in [1.54, 1.807) is 24.1 Å². The Labute approximate surface area is 177 Å². The summed E-state index contributed by atoms with van der Waals surface area (Å²) in [6.45, 7) is 5.73. The Balaban J connectivity index is 1.29. The van der Waals surface area contributed by atoms with E-state index in [1.807, 2.05) is 36.4 Å². The molecule has 0 radical (unpaired) electrons. The number of rotatable bonds is 5. The van der Waals surface area contributed by atoms with Crippen LogP contribution >= 0.6 is 0 Å². The van der Waals surface area contributed by atoms with Crippen LogP contribution in [0.25, 0.3) is 0 Å². The summed E-state index contributed by atoms with van der Waals surface area (Å²) in [6.07, 6.45) is 6.64. The van der Waals surface area contributed by atoms with E-state index in [-0.39, 0.29) is 17.7 Å². The van der Waals surface area contributed by atoms with Crippen molar-refractivity contribution in [2.24, 2.45) is 11.8 Å². The van der Waals surface area contributed by atoms with Crippen LogP contribution < -0.4 is 4.74 Å². The van der Waals surface area contributed by atoms with E-state index in [0.29, 0.717) is 30.3 Å². The second-order valence-corrected chi connectivity index (χ2v) is 8.36. The highest BCUT2D eigenvalue weighted by atomic mass is 16.5. The number of imidazole rings is 1. The van der Waals surface area contributed by atoms with Gasteiger partial charge in [0, 0.05) is 50.7 Å². The van der Waals surface area contributed by atoms with Gasteiger partial charge in [0.15, 0.2) is 0 Å². The molecular formula is C23H30N4O3. The van der Waals surface area contributed by atoms with Crippen LogP contribution in [0.5, 0.6) is 5.75 Å². The Hall–Kier alpha value is -2.83. The molecule has 2 amide bonds. The van der Waals surface area contributed by atoms with Crippen molar-refractivity contribution in [2.75, 3.05) is 33.3 Å². The molecule has 0 N–H and O–H groups in total. The lowest BCUT2D eigenvalue weighted by molar-refractivity contribution is -0.136. The number of likely N-dealkylation sites (tertiary alicyclic amines) is 2. The van der Waals surface area contributed by atoms with E-state index in [0.717, 1.165) is 44.7 Å². The molecule has 4 rings (SSSR count). The van der Waals surface area contributed by atoms with Gasteiger partial charge >= 0.3 is 0 Å². The summed E-state index contributed by atoms with van der Waals surface area (Å²) in [5.74, 6) is 2.37. The Morgan fingerprint density at radius 2 is 1.90 bits per heavy atom. The number of aromatic nitrogens is 2. The van der Waals surface area contributed by atoms with E-state index in [9.17, 15) is 9.59 Å². The smallest absolute Gasteiger partial charge is 0.254 e. The molecule has 1 aromatic carbocycles. The maximum Gasteiger partial charge on any atom is 0.254 e. The van der Waals surface area contributed by atoms with Gasteiger partial charge in [-0.2, -0.15) is 0 Å². The van der Waals surface area contributed by atoms with E-state index < -0.39 is 0 Å². The monoisotopic (exact) mass is 410 g/mol. The van der Waals surface area contributed by atoms with Crippen LogP contribution in [0.4, 0.5) is 0 Å². The van der Waals surface area contributed by atoms with Gasteiger partial charge in [0.05, 0.1) is 13.0 Å². The molecule has 1 atom stereocenters. The van der Waals surface area contributed by atoms with Gasteiger partial charge in [-0.05, 0) is 50.3 Å². The molecule has 0 bridgehead atoms. The van der Waals surface area contributed by atoms with Gasteiger partial charge in [-0.15, -0.1) is 0 Å². The van der Waals surface area contributed by atoms with Crippen molar-refractivity contribution in [2.45, 2.75) is 32.7 Å². The van der Waals surface area contributed by atoms with Gasteiger partial charge in [-0.3, -0.25) is 9.59 Å². The molecule has 160 valence electrons. The number of carbonyl (C=O) groups is 2. The largest absolute Gasteiger partial charge is 0.497 e. The number of benzene rings is 1. The second-order valence-electron chi connectivity index (χ2n) is 8.36. The van der Waals surface area contributed by atoms with Crippen molar-refractivity contribution in [1.82, 2.24) is 19.4 Å². The van der Waals surface area contributed by atoms with Gasteiger partial charge in [-0.25, -0.2) is 4.98 Å². The number of piperidine rings is 1. The summed E-state index contributed by atoms with van der Waals surface area (Å²) in [7, 11) is 1.59. The molecule has 2 fully saturated rings. The summed E-state index contributed by atoms with van der Waals surface area (Å²) in [6, 6.07) is 7.20. The third-order valence-electron chi connectivity index (χ3n) is 6.45. The van der Waals surface area contributed by atoms with Crippen LogP contribution in [0, 0.1) is 18.8 Å². The van der Waals surface area contributed by atoms with Gasteiger partial charge in [0.25, 0.3) is 5.91 Å². The van der Waals surface area contributed by atoms with Crippen molar-refractivity contribution in [3.8, 4) is 5.75 Å². The van der Waals surface area contributed by atoms with Gasteiger partial charge in [0.2, 0.25) is 5.91 Å². The first-order valence-corrected chi connectivity index (χ1v) is 10.7. The Morgan fingerprint density at radius 3 is 2.60 bits per heavy atom. The van der Waals surface area contributed by atoms with E-state index >= 15 is 0 Å². The molecule has 2 saturated heterocycles. The second kappa shape index (κ2) is 8.90. The average molecular weight is 411 g/mol. The summed E-state index contributed by atoms with van der Waals surface area (Å²) >= 11 is 0. The van der Waals surface area contributed by atoms with E-state index in [1.165, 1.54) is 0 Å². The number of ether oxygens (including phenoxy) is 1. The standard InChI is InChI=1S/C23H30N4O3/c1-17-24-9-13-26(17)15-18-6-10-25(11-7-18)23(29)20-8-12-27(16-20)22(28)19-4-3-5-21(14-19)30-2/h3-5,9,13-14,18,20H,6-8,10-12,15-16H2,1-2H3/t20-/m1/s1. The minimum absolute atomic E-state index is 0.0291. The summed E-state index contributed by atoms with van der Waals surface area (Å²) in [5, 5.41) is 0. The number of carbonyl (C=O) groups excluding carboxylic acids is 2. The fraction of sp³-hybridized carbons (Fsp3) is 0.522. The molecule has 2 aliphatic heterocycles. The predicted molar refractivity (Wildman–Crippen MR) is 113 cm³/mol. The number of hydrogen-bond acceptors (Lipinski definition) is 4. The fourth-order valence-electron chi connectivity index (χ4n) is 4.55. The molecule has 7 nitrogen and oxygen atoms in total. The molecule has 2 aliphatic rings. The lowest BCUT2D eigenvalue weighted by atomic mass is 9.95. The normalized spacial score (nSPS) is 19.9. The lowest BCUT2D eigenvalue weighted by Gasteiger charge is -2.33. The molecule has 2 aromatic rings. The van der Waals surface area contributed by atoms with Crippen molar-refractivity contribution < 1.29 is 14.3 Å². The van der Waals surface area contributed by atoms with Crippen LogP contribution in [0.1, 0.15) is 35.4 Å². The molecule has 0 spiro atoms. The molecule has 3 heterocycles. The first kappa shape index (κ1) is 20.4. The van der Waals surface area contributed by atoms with Gasteiger partial charge < -0.3 is 19.1 Å². The van der Waals surface area contributed by atoms with E-state index in [4.69, 9.17) is 4.74 Å². The third kappa shape index (κ3) is 4.35. The summed E-state index contributed by atoms with van der Waals surface area (Å²) in [4.78, 5) is 33.9. The topological polar surface area (TPSA) is 67.7 Å². The zero-order valence-corrected chi connectivity index (χ0v) is 17.8. The van der Waals surface area contributed by atoms with Crippen molar-refractivity contribution in [3.05, 3.63) is 48.0 Å².